The van der Waals surface area contributed by atoms with Crippen molar-refractivity contribution in [3.63, 3.8) is 0 Å². The fourth-order valence-corrected chi connectivity index (χ4v) is 4.53. The zero-order valence-electron chi connectivity index (χ0n) is 11.9. The Hall–Kier alpha value is -0.180. The van der Waals surface area contributed by atoms with Crippen LogP contribution in [-0.4, -0.2) is 26.3 Å². The second kappa shape index (κ2) is 12.3. The third-order valence-electron chi connectivity index (χ3n) is 2.00. The number of halogens is 5. The standard InChI is InChI=1S/C4H2BrF2NS.C4H4BrNOS.C4H2BrNOS/c5-4-8-1-2(9-4)3(6)7;2*5-4-6-1-3(2-7)8-4/h1,3H;1,7H,2H2;1-2H. The SMILES string of the molecule is FC(F)c1cnc(Br)s1.O=Cc1cnc(Br)s1.OCc1cnc(Br)s1. The molecule has 5 nitrogen and oxygen atoms in total. The minimum absolute atomic E-state index is 0.00174. The molecule has 0 spiro atoms. The van der Waals surface area contributed by atoms with Crippen LogP contribution in [0.1, 0.15) is 25.9 Å². The molecular weight excluding hydrogens is 592 g/mol. The van der Waals surface area contributed by atoms with Crippen LogP contribution in [0.5, 0.6) is 0 Å². The van der Waals surface area contributed by atoms with E-state index in [2.05, 4.69) is 62.7 Å². The third-order valence-corrected chi connectivity index (χ3v) is 6.35. The molecule has 1 N–H and O–H groups in total. The first-order chi connectivity index (χ1) is 11.8. The van der Waals surface area contributed by atoms with Crippen molar-refractivity contribution < 1.29 is 18.7 Å². The van der Waals surface area contributed by atoms with Crippen molar-refractivity contribution in [1.29, 1.82) is 0 Å². The molecule has 0 unspecified atom stereocenters. The Kier molecular flexibility index (Phi) is 11.2. The Bertz CT molecular complexity index is 782. The summed E-state index contributed by atoms with van der Waals surface area (Å²) in [5.74, 6) is 0. The van der Waals surface area contributed by atoms with Crippen molar-refractivity contribution in [3.8, 4) is 0 Å². The smallest absolute Gasteiger partial charge is 0.274 e. The van der Waals surface area contributed by atoms with Gasteiger partial charge in [-0.25, -0.2) is 23.7 Å². The number of alkyl halides is 2. The molecule has 0 saturated heterocycles. The molecule has 0 fully saturated rings. The van der Waals surface area contributed by atoms with E-state index in [1.165, 1.54) is 35.1 Å². The van der Waals surface area contributed by atoms with Gasteiger partial charge in [0.25, 0.3) is 6.43 Å². The van der Waals surface area contributed by atoms with Crippen LogP contribution in [0.3, 0.4) is 0 Å². The van der Waals surface area contributed by atoms with E-state index >= 15 is 0 Å². The van der Waals surface area contributed by atoms with Crippen LogP contribution in [0, 0.1) is 0 Å². The summed E-state index contributed by atoms with van der Waals surface area (Å²) in [7, 11) is 0. The fraction of sp³-hybridized carbons (Fsp3) is 0.167. The number of aromatic nitrogens is 3. The van der Waals surface area contributed by atoms with Gasteiger partial charge < -0.3 is 5.11 Å². The molecule has 0 aliphatic carbocycles. The number of thiazole rings is 3. The highest BCUT2D eigenvalue weighted by atomic mass is 79.9. The minimum atomic E-state index is -2.39. The minimum Gasteiger partial charge on any atom is -0.391 e. The van der Waals surface area contributed by atoms with Crippen LogP contribution in [-0.2, 0) is 6.61 Å². The Balaban J connectivity index is 0.000000188. The molecule has 0 bridgehead atoms. The van der Waals surface area contributed by atoms with Crippen molar-refractivity contribution >= 4 is 88.1 Å². The predicted molar refractivity (Wildman–Crippen MR) is 106 cm³/mol. The molecule has 3 heterocycles. The molecule has 25 heavy (non-hydrogen) atoms. The summed E-state index contributed by atoms with van der Waals surface area (Å²) in [6.07, 6.45) is 2.73. The fourth-order valence-electron chi connectivity index (χ4n) is 1.04. The Morgan fingerprint density at radius 3 is 1.80 bits per heavy atom. The van der Waals surface area contributed by atoms with Crippen molar-refractivity contribution in [2.75, 3.05) is 0 Å². The van der Waals surface area contributed by atoms with Gasteiger partial charge in [0.05, 0.1) is 21.2 Å². The first-order valence-electron chi connectivity index (χ1n) is 6.02. The highest BCUT2D eigenvalue weighted by Gasteiger charge is 2.09. The van der Waals surface area contributed by atoms with Gasteiger partial charge in [-0.15, -0.1) is 34.0 Å². The highest BCUT2D eigenvalue weighted by Crippen LogP contribution is 2.27. The number of aliphatic hydroxyl groups excluding tert-OH is 1. The van der Waals surface area contributed by atoms with Gasteiger partial charge in [-0.2, -0.15) is 0 Å². The van der Waals surface area contributed by atoms with Gasteiger partial charge in [0.1, 0.15) is 0 Å². The van der Waals surface area contributed by atoms with Crippen LogP contribution in [0.4, 0.5) is 8.78 Å². The number of aldehydes is 1. The van der Waals surface area contributed by atoms with Crippen LogP contribution in [0.25, 0.3) is 0 Å². The summed E-state index contributed by atoms with van der Waals surface area (Å²) in [6.45, 7) is 0.0866. The zero-order valence-corrected chi connectivity index (χ0v) is 19.1. The number of nitrogens with zero attached hydrogens (tertiary/aromatic N) is 3. The van der Waals surface area contributed by atoms with E-state index in [-0.39, 0.29) is 11.5 Å². The van der Waals surface area contributed by atoms with Crippen molar-refractivity contribution in [2.24, 2.45) is 0 Å². The number of rotatable bonds is 3. The topological polar surface area (TPSA) is 76.0 Å². The monoisotopic (exact) mass is 597 g/mol. The van der Waals surface area contributed by atoms with Crippen LogP contribution >= 0.6 is 81.8 Å². The van der Waals surface area contributed by atoms with Crippen LogP contribution in [0.15, 0.2) is 30.3 Å². The van der Waals surface area contributed by atoms with E-state index in [1.54, 1.807) is 6.20 Å². The molecular formula is C12H8Br3F2N3O2S3. The average molecular weight is 600 g/mol. The molecule has 0 aromatic carbocycles. The van der Waals surface area contributed by atoms with Gasteiger partial charge >= 0.3 is 0 Å². The number of aliphatic hydroxyl groups is 1. The van der Waals surface area contributed by atoms with Gasteiger partial charge in [-0.1, -0.05) is 0 Å². The maximum atomic E-state index is 11.7. The summed E-state index contributed by atoms with van der Waals surface area (Å²) >= 11 is 13.0. The number of hydrogen-bond donors (Lipinski definition) is 1. The van der Waals surface area contributed by atoms with Gasteiger partial charge in [-0.05, 0) is 47.8 Å². The lowest BCUT2D eigenvalue weighted by molar-refractivity contribution is 0.112. The van der Waals surface area contributed by atoms with E-state index in [0.717, 1.165) is 30.3 Å². The van der Waals surface area contributed by atoms with Crippen molar-refractivity contribution in [1.82, 2.24) is 15.0 Å². The normalized spacial score (nSPS) is 9.88. The second-order valence-electron chi connectivity index (χ2n) is 3.69. The van der Waals surface area contributed by atoms with Gasteiger partial charge in [-0.3, -0.25) is 4.79 Å². The Labute approximate surface area is 178 Å². The summed E-state index contributed by atoms with van der Waals surface area (Å²) in [6, 6.07) is 0. The van der Waals surface area contributed by atoms with E-state index < -0.39 is 6.43 Å². The molecule has 3 aromatic heterocycles. The number of carbonyl (C=O) groups is 1. The lowest BCUT2D eigenvalue weighted by atomic mass is 10.6. The highest BCUT2D eigenvalue weighted by molar-refractivity contribution is 9.11. The summed E-state index contributed by atoms with van der Waals surface area (Å²) in [4.78, 5) is 22.8. The molecule has 136 valence electrons. The molecule has 0 atom stereocenters. The second-order valence-corrected chi connectivity index (χ2v) is 10.8. The Morgan fingerprint density at radius 1 is 1.00 bits per heavy atom. The van der Waals surface area contributed by atoms with Gasteiger partial charge in [0, 0.05) is 18.6 Å². The predicted octanol–water partition coefficient (Wildman–Crippen LogP) is 5.96. The lowest BCUT2D eigenvalue weighted by Crippen LogP contribution is -1.72. The Morgan fingerprint density at radius 2 is 1.56 bits per heavy atom. The molecule has 0 aliphatic heterocycles. The largest absolute Gasteiger partial charge is 0.391 e. The first-order valence-corrected chi connectivity index (χ1v) is 10.9. The van der Waals surface area contributed by atoms with E-state index in [0.29, 0.717) is 8.79 Å². The average Bonchev–Trinajstić information content (AvgIpc) is 3.30. The summed E-state index contributed by atoms with van der Waals surface area (Å²) in [5.41, 5.74) is 0. The zero-order chi connectivity index (χ0) is 18.8. The molecule has 13 heteroatoms. The van der Waals surface area contributed by atoms with Gasteiger partial charge in [0.2, 0.25) is 0 Å². The van der Waals surface area contributed by atoms with Crippen LogP contribution in [0.2, 0.25) is 0 Å². The maximum Gasteiger partial charge on any atom is 0.274 e. The quantitative estimate of drug-likeness (QED) is 0.376. The van der Waals surface area contributed by atoms with E-state index in [1.807, 2.05) is 0 Å². The third kappa shape index (κ3) is 9.35. The first kappa shape index (κ1) is 22.9. The molecule has 3 aromatic rings. The number of hydrogen-bond acceptors (Lipinski definition) is 8. The number of carbonyl (C=O) groups excluding carboxylic acids is 1. The van der Waals surface area contributed by atoms with Crippen molar-refractivity contribution in [3.05, 3.63) is 45.0 Å². The summed E-state index contributed by atoms with van der Waals surface area (Å²) in [5, 5.41) is 8.50. The maximum absolute atomic E-state index is 11.7. The molecule has 0 radical (unpaired) electrons. The molecule has 0 amide bonds. The lowest BCUT2D eigenvalue weighted by Gasteiger charge is -1.86. The van der Waals surface area contributed by atoms with Crippen molar-refractivity contribution in [2.45, 2.75) is 13.0 Å². The molecule has 3 rings (SSSR count). The molecule has 0 saturated carbocycles. The van der Waals surface area contributed by atoms with Crippen LogP contribution < -0.4 is 0 Å². The summed E-state index contributed by atoms with van der Waals surface area (Å²) < 4.78 is 25.5. The van der Waals surface area contributed by atoms with Gasteiger partial charge in [0.15, 0.2) is 18.0 Å². The van der Waals surface area contributed by atoms with E-state index in [9.17, 15) is 13.6 Å². The van der Waals surface area contributed by atoms with E-state index in [4.69, 9.17) is 5.11 Å². The molecule has 0 aliphatic rings.